The molecule has 0 unspecified atom stereocenters. The Kier molecular flexibility index (Phi) is 4.61. The minimum Gasteiger partial charge on any atom is -0.476 e. The zero-order valence-corrected chi connectivity index (χ0v) is 13.4. The third-order valence-corrected chi connectivity index (χ3v) is 4.55. The number of nitrogens with one attached hydrogen (secondary N) is 1. The molecular formula is C15H15N3O5S. The van der Waals surface area contributed by atoms with E-state index in [2.05, 4.69) is 10.3 Å². The number of likely N-dealkylation sites (tertiary alicyclic amines) is 1. The Balaban J connectivity index is 1.52. The van der Waals surface area contributed by atoms with E-state index in [0.29, 0.717) is 23.9 Å². The van der Waals surface area contributed by atoms with E-state index in [9.17, 15) is 14.4 Å². The lowest BCUT2D eigenvalue weighted by molar-refractivity contribution is -0.129. The molecule has 0 aromatic carbocycles. The molecule has 1 aliphatic rings. The SMILES string of the molecule is O=C(O)c1csc(CNC(=O)[C@H]2CC(=O)N(Cc3ccco3)C2)n1. The Morgan fingerprint density at radius 1 is 1.50 bits per heavy atom. The number of aromatic carboxylic acids is 1. The van der Waals surface area contributed by atoms with Gasteiger partial charge in [0.2, 0.25) is 11.8 Å². The van der Waals surface area contributed by atoms with Crippen LogP contribution in [0.1, 0.15) is 27.7 Å². The lowest BCUT2D eigenvalue weighted by Gasteiger charge is -2.14. The normalized spacial score (nSPS) is 17.2. The molecule has 1 saturated heterocycles. The Morgan fingerprint density at radius 3 is 3.00 bits per heavy atom. The zero-order chi connectivity index (χ0) is 17.1. The van der Waals surface area contributed by atoms with Crippen LogP contribution >= 0.6 is 11.3 Å². The summed E-state index contributed by atoms with van der Waals surface area (Å²) in [5.41, 5.74) is -0.0371. The molecule has 1 aliphatic heterocycles. The third kappa shape index (κ3) is 3.62. The smallest absolute Gasteiger partial charge is 0.355 e. The molecule has 2 N–H and O–H groups in total. The highest BCUT2D eigenvalue weighted by Crippen LogP contribution is 2.21. The summed E-state index contributed by atoms with van der Waals surface area (Å²) >= 11 is 1.17. The summed E-state index contributed by atoms with van der Waals surface area (Å²) in [5, 5.41) is 13.5. The standard InChI is InChI=1S/C15H15N3O5S/c19-13-4-9(6-18(13)7-10-2-1-3-23-10)14(20)16-5-12-17-11(8-24-12)15(21)22/h1-3,8-9H,4-7H2,(H,16,20)(H,21,22)/t9-/m0/s1. The minimum atomic E-state index is -1.10. The maximum atomic E-state index is 12.2. The highest BCUT2D eigenvalue weighted by Gasteiger charge is 2.34. The first-order chi connectivity index (χ1) is 11.5. The molecular weight excluding hydrogens is 334 g/mol. The van der Waals surface area contributed by atoms with E-state index in [1.807, 2.05) is 0 Å². The Labute approximate surface area is 141 Å². The van der Waals surface area contributed by atoms with Crippen molar-refractivity contribution in [2.45, 2.75) is 19.5 Å². The van der Waals surface area contributed by atoms with Gasteiger partial charge in [0.25, 0.3) is 0 Å². The van der Waals surface area contributed by atoms with Gasteiger partial charge in [0.15, 0.2) is 5.69 Å². The van der Waals surface area contributed by atoms with Crippen LogP contribution in [0.2, 0.25) is 0 Å². The summed E-state index contributed by atoms with van der Waals surface area (Å²) in [6, 6.07) is 3.53. The first kappa shape index (κ1) is 16.2. The summed E-state index contributed by atoms with van der Waals surface area (Å²) in [5.74, 6) is -1.18. The second-order valence-corrected chi connectivity index (χ2v) is 6.35. The Morgan fingerprint density at radius 2 is 2.33 bits per heavy atom. The predicted molar refractivity (Wildman–Crippen MR) is 83.2 cm³/mol. The maximum absolute atomic E-state index is 12.2. The summed E-state index contributed by atoms with van der Waals surface area (Å²) in [7, 11) is 0. The van der Waals surface area contributed by atoms with E-state index in [4.69, 9.17) is 9.52 Å². The quantitative estimate of drug-likeness (QED) is 0.807. The fourth-order valence-electron chi connectivity index (χ4n) is 2.49. The number of carboxylic acids is 1. The molecule has 24 heavy (non-hydrogen) atoms. The summed E-state index contributed by atoms with van der Waals surface area (Å²) in [4.78, 5) is 40.5. The fourth-order valence-corrected chi connectivity index (χ4v) is 3.20. The molecule has 3 heterocycles. The van der Waals surface area contributed by atoms with E-state index in [0.717, 1.165) is 0 Å². The van der Waals surface area contributed by atoms with Gasteiger partial charge in [-0.05, 0) is 12.1 Å². The lowest BCUT2D eigenvalue weighted by atomic mass is 10.1. The number of hydrogen-bond acceptors (Lipinski definition) is 6. The van der Waals surface area contributed by atoms with Crippen molar-refractivity contribution < 1.29 is 23.9 Å². The van der Waals surface area contributed by atoms with Crippen molar-refractivity contribution in [3.05, 3.63) is 40.2 Å². The Bertz CT molecular complexity index is 755. The van der Waals surface area contributed by atoms with E-state index in [1.165, 1.54) is 16.7 Å². The van der Waals surface area contributed by atoms with Gasteiger partial charge in [-0.25, -0.2) is 9.78 Å². The van der Waals surface area contributed by atoms with Gasteiger partial charge in [0.05, 0.1) is 25.3 Å². The zero-order valence-electron chi connectivity index (χ0n) is 12.6. The van der Waals surface area contributed by atoms with Gasteiger partial charge in [-0.3, -0.25) is 9.59 Å². The number of nitrogens with zero attached hydrogens (tertiary/aromatic N) is 2. The topological polar surface area (TPSA) is 113 Å². The molecule has 0 bridgehead atoms. The molecule has 0 radical (unpaired) electrons. The van der Waals surface area contributed by atoms with Crippen LogP contribution < -0.4 is 5.32 Å². The number of carboxylic acid groups (broad SMARTS) is 1. The molecule has 8 nitrogen and oxygen atoms in total. The van der Waals surface area contributed by atoms with Gasteiger partial charge in [-0.2, -0.15) is 0 Å². The second kappa shape index (κ2) is 6.83. The average Bonchev–Trinajstić information content (AvgIpc) is 3.27. The molecule has 126 valence electrons. The van der Waals surface area contributed by atoms with Crippen molar-refractivity contribution in [2.24, 2.45) is 5.92 Å². The van der Waals surface area contributed by atoms with Gasteiger partial charge in [0, 0.05) is 18.3 Å². The van der Waals surface area contributed by atoms with Crippen LogP contribution in [0, 0.1) is 5.92 Å². The van der Waals surface area contributed by atoms with Gasteiger partial charge >= 0.3 is 5.97 Å². The van der Waals surface area contributed by atoms with Gasteiger partial charge in [-0.1, -0.05) is 0 Å². The lowest BCUT2D eigenvalue weighted by Crippen LogP contribution is -2.32. The van der Waals surface area contributed by atoms with Crippen molar-refractivity contribution in [1.82, 2.24) is 15.2 Å². The van der Waals surface area contributed by atoms with Gasteiger partial charge < -0.3 is 19.7 Å². The molecule has 0 aliphatic carbocycles. The maximum Gasteiger partial charge on any atom is 0.355 e. The van der Waals surface area contributed by atoms with Crippen molar-refractivity contribution in [3.63, 3.8) is 0 Å². The highest BCUT2D eigenvalue weighted by molar-refractivity contribution is 7.09. The third-order valence-electron chi connectivity index (χ3n) is 3.70. The highest BCUT2D eigenvalue weighted by atomic mass is 32.1. The molecule has 3 rings (SSSR count). The van der Waals surface area contributed by atoms with E-state index >= 15 is 0 Å². The molecule has 2 aromatic rings. The fraction of sp³-hybridized carbons (Fsp3) is 0.333. The second-order valence-electron chi connectivity index (χ2n) is 5.40. The number of hydrogen-bond donors (Lipinski definition) is 2. The molecule has 1 fully saturated rings. The van der Waals surface area contributed by atoms with E-state index in [-0.39, 0.29) is 30.5 Å². The molecule has 2 amide bonds. The summed E-state index contributed by atoms with van der Waals surface area (Å²) in [6.07, 6.45) is 1.70. The number of aromatic nitrogens is 1. The molecule has 2 aromatic heterocycles. The van der Waals surface area contributed by atoms with Crippen LogP contribution in [0.3, 0.4) is 0 Å². The first-order valence-electron chi connectivity index (χ1n) is 7.28. The van der Waals surface area contributed by atoms with Crippen molar-refractivity contribution in [2.75, 3.05) is 6.54 Å². The number of thiazole rings is 1. The molecule has 1 atom stereocenters. The summed E-state index contributed by atoms with van der Waals surface area (Å²) in [6.45, 7) is 0.841. The van der Waals surface area contributed by atoms with Crippen LogP contribution in [0.4, 0.5) is 0 Å². The van der Waals surface area contributed by atoms with Crippen molar-refractivity contribution >= 4 is 29.1 Å². The van der Waals surface area contributed by atoms with Crippen LogP contribution in [0.15, 0.2) is 28.2 Å². The largest absolute Gasteiger partial charge is 0.476 e. The summed E-state index contributed by atoms with van der Waals surface area (Å²) < 4.78 is 5.22. The monoisotopic (exact) mass is 349 g/mol. The van der Waals surface area contributed by atoms with Gasteiger partial charge in [-0.15, -0.1) is 11.3 Å². The Hall–Kier alpha value is -2.68. The van der Waals surface area contributed by atoms with Crippen LogP contribution in [-0.2, 0) is 22.7 Å². The van der Waals surface area contributed by atoms with Crippen LogP contribution in [0.25, 0.3) is 0 Å². The minimum absolute atomic E-state index is 0.0371. The molecule has 9 heteroatoms. The predicted octanol–water partition coefficient (Wildman–Crippen LogP) is 1.10. The number of furan rings is 1. The number of amides is 2. The first-order valence-corrected chi connectivity index (χ1v) is 8.16. The van der Waals surface area contributed by atoms with Crippen LogP contribution in [-0.4, -0.2) is 39.3 Å². The average molecular weight is 349 g/mol. The van der Waals surface area contributed by atoms with Crippen LogP contribution in [0.5, 0.6) is 0 Å². The van der Waals surface area contributed by atoms with Crippen molar-refractivity contribution in [3.8, 4) is 0 Å². The number of rotatable bonds is 6. The molecule has 0 spiro atoms. The van der Waals surface area contributed by atoms with E-state index in [1.54, 1.807) is 23.3 Å². The van der Waals surface area contributed by atoms with E-state index < -0.39 is 11.9 Å². The number of carbonyl (C=O) groups is 3. The molecule has 0 saturated carbocycles. The number of carbonyl (C=O) groups excluding carboxylic acids is 2. The van der Waals surface area contributed by atoms with Crippen molar-refractivity contribution in [1.29, 1.82) is 0 Å². The van der Waals surface area contributed by atoms with Gasteiger partial charge in [0.1, 0.15) is 10.8 Å².